The molecule has 0 unspecified atom stereocenters. The molecule has 0 spiro atoms. The van der Waals surface area contributed by atoms with E-state index in [0.717, 1.165) is 6.26 Å². The predicted octanol–water partition coefficient (Wildman–Crippen LogP) is -0.954. The van der Waals surface area contributed by atoms with Crippen molar-refractivity contribution >= 4 is 15.9 Å². The van der Waals surface area contributed by atoms with E-state index >= 15 is 0 Å². The Kier molecular flexibility index (Phi) is 3.66. The van der Waals surface area contributed by atoms with Crippen LogP contribution in [-0.4, -0.2) is 26.6 Å². The van der Waals surface area contributed by atoms with Gasteiger partial charge in [0.25, 0.3) is 5.91 Å². The molecular formula is C6H14N2O3S. The lowest BCUT2D eigenvalue weighted by atomic mass is 10.1. The van der Waals surface area contributed by atoms with Gasteiger partial charge in [-0.3, -0.25) is 9.52 Å². The predicted molar refractivity (Wildman–Crippen MR) is 45.8 cm³/mol. The Balaban J connectivity index is 4.25. The van der Waals surface area contributed by atoms with Crippen LogP contribution >= 0.6 is 0 Å². The highest BCUT2D eigenvalue weighted by atomic mass is 32.2. The van der Waals surface area contributed by atoms with Crippen LogP contribution in [0, 0.1) is 5.92 Å². The van der Waals surface area contributed by atoms with E-state index in [4.69, 9.17) is 5.73 Å². The molecule has 0 aliphatic heterocycles. The summed E-state index contributed by atoms with van der Waals surface area (Å²) in [7, 11) is -3.48. The Morgan fingerprint density at radius 3 is 2.08 bits per heavy atom. The lowest BCUT2D eigenvalue weighted by Crippen LogP contribution is -2.45. The molecule has 0 aliphatic rings. The van der Waals surface area contributed by atoms with Gasteiger partial charge in [0.2, 0.25) is 10.0 Å². The summed E-state index contributed by atoms with van der Waals surface area (Å²) in [6, 6.07) is -0.778. The number of rotatable bonds is 3. The smallest absolute Gasteiger partial charge is 0.250 e. The molecule has 1 atom stereocenters. The zero-order valence-electron chi connectivity index (χ0n) is 7.37. The molecule has 6 heteroatoms. The van der Waals surface area contributed by atoms with Crippen molar-refractivity contribution in [2.45, 2.75) is 19.9 Å². The van der Waals surface area contributed by atoms with E-state index in [1.54, 1.807) is 13.8 Å². The molecular weight excluding hydrogens is 180 g/mol. The molecule has 0 bridgehead atoms. The molecule has 0 fully saturated rings. The maximum absolute atomic E-state index is 11.0. The summed E-state index contributed by atoms with van der Waals surface area (Å²) >= 11 is 0. The van der Waals surface area contributed by atoms with E-state index in [2.05, 4.69) is 0 Å². The number of nitrogens with two attached hydrogens (primary N) is 1. The number of amides is 1. The average Bonchev–Trinajstić information content (AvgIpc) is 1.82. The fourth-order valence-electron chi connectivity index (χ4n) is 0.554. The Labute approximate surface area is 72.4 Å². The van der Waals surface area contributed by atoms with Crippen LogP contribution in [0.25, 0.3) is 0 Å². The van der Waals surface area contributed by atoms with Crippen molar-refractivity contribution in [1.82, 2.24) is 4.72 Å². The Bertz CT molecular complexity index is 258. The molecule has 0 heterocycles. The largest absolute Gasteiger partial charge is 0.320 e. The zero-order valence-corrected chi connectivity index (χ0v) is 8.18. The van der Waals surface area contributed by atoms with Crippen molar-refractivity contribution in [3.8, 4) is 0 Å². The third kappa shape index (κ3) is 4.30. The molecule has 5 nitrogen and oxygen atoms in total. The van der Waals surface area contributed by atoms with Gasteiger partial charge in [-0.1, -0.05) is 13.8 Å². The minimum absolute atomic E-state index is 0.0771. The maximum Gasteiger partial charge on any atom is 0.250 e. The summed E-state index contributed by atoms with van der Waals surface area (Å²) in [6.45, 7) is 3.49. The minimum atomic E-state index is -3.48. The van der Waals surface area contributed by atoms with Gasteiger partial charge >= 0.3 is 0 Å². The van der Waals surface area contributed by atoms with Gasteiger partial charge in [0, 0.05) is 0 Å². The van der Waals surface area contributed by atoms with Crippen LogP contribution < -0.4 is 10.5 Å². The van der Waals surface area contributed by atoms with E-state index in [0.29, 0.717) is 0 Å². The van der Waals surface area contributed by atoms with Crippen LogP contribution in [0.1, 0.15) is 13.8 Å². The fourth-order valence-corrected chi connectivity index (χ4v) is 1.06. The number of hydrogen-bond acceptors (Lipinski definition) is 4. The topological polar surface area (TPSA) is 89.3 Å². The second-order valence-electron chi connectivity index (χ2n) is 3.01. The zero-order chi connectivity index (χ0) is 9.94. The summed E-state index contributed by atoms with van der Waals surface area (Å²) in [5.74, 6) is -0.737. The van der Waals surface area contributed by atoms with E-state index < -0.39 is 22.0 Å². The first-order valence-corrected chi connectivity index (χ1v) is 5.40. The first-order valence-electron chi connectivity index (χ1n) is 3.51. The third-order valence-corrected chi connectivity index (χ3v) is 1.88. The summed E-state index contributed by atoms with van der Waals surface area (Å²) in [4.78, 5) is 11.0. The summed E-state index contributed by atoms with van der Waals surface area (Å²) in [6.07, 6.45) is 0.915. The molecule has 0 saturated carbocycles. The molecule has 72 valence electrons. The highest BCUT2D eigenvalue weighted by molar-refractivity contribution is 7.89. The number of hydrogen-bond donors (Lipinski definition) is 2. The van der Waals surface area contributed by atoms with Crippen molar-refractivity contribution in [2.24, 2.45) is 11.7 Å². The van der Waals surface area contributed by atoms with Gasteiger partial charge < -0.3 is 5.73 Å². The van der Waals surface area contributed by atoms with Gasteiger partial charge in [-0.05, 0) is 5.92 Å². The minimum Gasteiger partial charge on any atom is -0.320 e. The summed E-state index contributed by atoms with van der Waals surface area (Å²) in [5.41, 5.74) is 5.39. The first-order chi connectivity index (χ1) is 5.24. The monoisotopic (exact) mass is 194 g/mol. The van der Waals surface area contributed by atoms with Crippen LogP contribution in [0.15, 0.2) is 0 Å². The van der Waals surface area contributed by atoms with E-state index in [9.17, 15) is 13.2 Å². The maximum atomic E-state index is 11.0. The molecule has 0 rings (SSSR count). The second-order valence-corrected chi connectivity index (χ2v) is 4.76. The first kappa shape index (κ1) is 11.4. The number of sulfonamides is 1. The van der Waals surface area contributed by atoms with Crippen molar-refractivity contribution in [3.05, 3.63) is 0 Å². The Hall–Kier alpha value is -0.620. The lowest BCUT2D eigenvalue weighted by Gasteiger charge is -2.13. The van der Waals surface area contributed by atoms with E-state index in [-0.39, 0.29) is 5.92 Å². The van der Waals surface area contributed by atoms with Gasteiger partial charge in [0.15, 0.2) is 0 Å². The van der Waals surface area contributed by atoms with E-state index in [1.165, 1.54) is 0 Å². The van der Waals surface area contributed by atoms with Crippen LogP contribution in [0.4, 0.5) is 0 Å². The van der Waals surface area contributed by atoms with Gasteiger partial charge in [-0.2, -0.15) is 0 Å². The summed E-state index contributed by atoms with van der Waals surface area (Å²) in [5, 5.41) is 0. The summed E-state index contributed by atoms with van der Waals surface area (Å²) < 4.78 is 23.0. The molecule has 0 saturated heterocycles. The van der Waals surface area contributed by atoms with Crippen molar-refractivity contribution < 1.29 is 13.2 Å². The van der Waals surface area contributed by atoms with E-state index in [1.807, 2.05) is 4.72 Å². The van der Waals surface area contributed by atoms with Crippen molar-refractivity contribution in [2.75, 3.05) is 6.26 Å². The standard InChI is InChI=1S/C6H14N2O3S/c1-4(2)5(7)6(9)8-12(3,10)11/h4-5H,7H2,1-3H3,(H,8,9)/t5-/m1/s1. The molecule has 1 amide bonds. The number of carbonyl (C=O) groups excluding carboxylic acids is 1. The van der Waals surface area contributed by atoms with Crippen molar-refractivity contribution in [1.29, 1.82) is 0 Å². The van der Waals surface area contributed by atoms with Gasteiger partial charge in [-0.15, -0.1) is 0 Å². The van der Waals surface area contributed by atoms with Gasteiger partial charge in [0.05, 0.1) is 12.3 Å². The van der Waals surface area contributed by atoms with Crippen LogP contribution in [-0.2, 0) is 14.8 Å². The van der Waals surface area contributed by atoms with Crippen LogP contribution in [0.3, 0.4) is 0 Å². The Morgan fingerprint density at radius 2 is 1.83 bits per heavy atom. The molecule has 0 aromatic carbocycles. The van der Waals surface area contributed by atoms with Crippen LogP contribution in [0.2, 0.25) is 0 Å². The van der Waals surface area contributed by atoms with Crippen LogP contribution in [0.5, 0.6) is 0 Å². The third-order valence-electron chi connectivity index (χ3n) is 1.31. The SMILES string of the molecule is CC(C)[C@@H](N)C(=O)NS(C)(=O)=O. The average molecular weight is 194 g/mol. The molecule has 0 radical (unpaired) electrons. The number of nitrogens with one attached hydrogen (secondary N) is 1. The molecule has 0 aliphatic carbocycles. The highest BCUT2D eigenvalue weighted by Crippen LogP contribution is 1.97. The van der Waals surface area contributed by atoms with Gasteiger partial charge in [-0.25, -0.2) is 8.42 Å². The fraction of sp³-hybridized carbons (Fsp3) is 0.833. The molecule has 3 N–H and O–H groups in total. The number of carbonyl (C=O) groups is 1. The highest BCUT2D eigenvalue weighted by Gasteiger charge is 2.19. The normalized spacial score (nSPS) is 14.4. The molecule has 0 aromatic heterocycles. The molecule has 0 aromatic rings. The molecule has 12 heavy (non-hydrogen) atoms. The quantitative estimate of drug-likeness (QED) is 0.606. The second kappa shape index (κ2) is 3.86. The van der Waals surface area contributed by atoms with Gasteiger partial charge in [0.1, 0.15) is 0 Å². The Morgan fingerprint density at radius 1 is 1.42 bits per heavy atom. The lowest BCUT2D eigenvalue weighted by molar-refractivity contribution is -0.121. The van der Waals surface area contributed by atoms with Crippen molar-refractivity contribution in [3.63, 3.8) is 0 Å².